The molecule has 0 aliphatic heterocycles. The Labute approximate surface area is 112 Å². The number of amides is 1. The van der Waals surface area contributed by atoms with Crippen molar-refractivity contribution in [2.75, 3.05) is 0 Å². The Morgan fingerprint density at radius 1 is 1.50 bits per heavy atom. The Balaban J connectivity index is 2.08. The molecule has 0 aliphatic carbocycles. The topological polar surface area (TPSA) is 54.9 Å². The zero-order valence-corrected chi connectivity index (χ0v) is 11.0. The number of aryl methyl sites for hydroxylation is 1. The van der Waals surface area contributed by atoms with E-state index in [1.54, 1.807) is 0 Å². The number of nitrogens with one attached hydrogen (secondary N) is 1. The number of aromatic nitrogens is 2. The molecule has 1 aromatic carbocycles. The standard InChI is InChI=1S/C11H9ClFN3OS/c1-6-15-16-9(18-6)5-14-11(17)10-7(12)3-2-4-8(10)13/h2-4H,5H2,1H3,(H,14,17). The SMILES string of the molecule is Cc1nnc(CNC(=O)c2c(F)cccc2Cl)s1. The summed E-state index contributed by atoms with van der Waals surface area (Å²) in [4.78, 5) is 11.8. The number of rotatable bonds is 3. The molecule has 7 heteroatoms. The number of hydrogen-bond acceptors (Lipinski definition) is 4. The quantitative estimate of drug-likeness (QED) is 0.943. The van der Waals surface area contributed by atoms with Gasteiger partial charge in [0.2, 0.25) is 0 Å². The smallest absolute Gasteiger partial charge is 0.256 e. The van der Waals surface area contributed by atoms with Crippen molar-refractivity contribution in [3.8, 4) is 0 Å². The first-order chi connectivity index (χ1) is 8.58. The summed E-state index contributed by atoms with van der Waals surface area (Å²) in [6.07, 6.45) is 0. The van der Waals surface area contributed by atoms with Crippen LogP contribution in [0.25, 0.3) is 0 Å². The number of carbonyl (C=O) groups is 1. The molecule has 1 aromatic heterocycles. The van der Waals surface area contributed by atoms with Crippen LogP contribution in [0.1, 0.15) is 20.4 Å². The van der Waals surface area contributed by atoms with Crippen molar-refractivity contribution in [3.63, 3.8) is 0 Å². The Bertz CT molecular complexity index is 567. The second kappa shape index (κ2) is 5.41. The van der Waals surface area contributed by atoms with Gasteiger partial charge >= 0.3 is 0 Å². The van der Waals surface area contributed by atoms with E-state index in [2.05, 4.69) is 15.5 Å². The summed E-state index contributed by atoms with van der Waals surface area (Å²) in [6, 6.07) is 4.10. The van der Waals surface area contributed by atoms with Crippen molar-refractivity contribution < 1.29 is 9.18 Å². The van der Waals surface area contributed by atoms with Gasteiger partial charge in [0.1, 0.15) is 15.8 Å². The zero-order chi connectivity index (χ0) is 13.1. The van der Waals surface area contributed by atoms with E-state index >= 15 is 0 Å². The van der Waals surface area contributed by atoms with Gasteiger partial charge in [-0.15, -0.1) is 10.2 Å². The third kappa shape index (κ3) is 2.83. The summed E-state index contributed by atoms with van der Waals surface area (Å²) in [5, 5.41) is 11.8. The maximum absolute atomic E-state index is 13.5. The summed E-state index contributed by atoms with van der Waals surface area (Å²) in [5.74, 6) is -1.21. The summed E-state index contributed by atoms with van der Waals surface area (Å²) in [6.45, 7) is 2.02. The monoisotopic (exact) mass is 285 g/mol. The number of halogens is 2. The summed E-state index contributed by atoms with van der Waals surface area (Å²) in [7, 11) is 0. The van der Waals surface area contributed by atoms with E-state index in [0.29, 0.717) is 5.01 Å². The molecule has 0 unspecified atom stereocenters. The normalized spacial score (nSPS) is 10.4. The minimum atomic E-state index is -0.645. The molecule has 94 valence electrons. The molecule has 2 aromatic rings. The van der Waals surface area contributed by atoms with Crippen molar-refractivity contribution in [3.05, 3.63) is 44.6 Å². The van der Waals surface area contributed by atoms with Gasteiger partial charge in [-0.25, -0.2) is 4.39 Å². The largest absolute Gasteiger partial charge is 0.345 e. The Kier molecular flexibility index (Phi) is 3.88. The molecule has 1 amide bonds. The van der Waals surface area contributed by atoms with Crippen LogP contribution in [0.5, 0.6) is 0 Å². The van der Waals surface area contributed by atoms with Crippen molar-refractivity contribution >= 4 is 28.8 Å². The molecule has 1 N–H and O–H groups in total. The zero-order valence-electron chi connectivity index (χ0n) is 9.41. The van der Waals surface area contributed by atoms with Gasteiger partial charge in [-0.3, -0.25) is 4.79 Å². The predicted molar refractivity (Wildman–Crippen MR) is 67.2 cm³/mol. The Morgan fingerprint density at radius 2 is 2.28 bits per heavy atom. The predicted octanol–water partition coefficient (Wildman–Crippen LogP) is 2.57. The first-order valence-corrected chi connectivity index (χ1v) is 6.28. The molecular weight excluding hydrogens is 277 g/mol. The highest BCUT2D eigenvalue weighted by Crippen LogP contribution is 2.18. The van der Waals surface area contributed by atoms with E-state index in [-0.39, 0.29) is 17.1 Å². The highest BCUT2D eigenvalue weighted by atomic mass is 35.5. The van der Waals surface area contributed by atoms with Crippen LogP contribution in [-0.4, -0.2) is 16.1 Å². The molecule has 0 radical (unpaired) electrons. The number of hydrogen-bond donors (Lipinski definition) is 1. The van der Waals surface area contributed by atoms with Gasteiger partial charge in [-0.1, -0.05) is 29.0 Å². The minimum Gasteiger partial charge on any atom is -0.345 e. The van der Waals surface area contributed by atoms with Gasteiger partial charge in [0.15, 0.2) is 0 Å². The van der Waals surface area contributed by atoms with Gasteiger partial charge < -0.3 is 5.32 Å². The van der Waals surface area contributed by atoms with Crippen LogP contribution in [0.2, 0.25) is 5.02 Å². The summed E-state index contributed by atoms with van der Waals surface area (Å²) in [5.41, 5.74) is -0.152. The molecule has 0 atom stereocenters. The molecule has 0 bridgehead atoms. The molecule has 0 aliphatic rings. The Hall–Kier alpha value is -1.53. The second-order valence-electron chi connectivity index (χ2n) is 3.49. The maximum Gasteiger partial charge on any atom is 0.256 e. The third-order valence-electron chi connectivity index (χ3n) is 2.16. The number of nitrogens with zero attached hydrogens (tertiary/aromatic N) is 2. The number of carbonyl (C=O) groups excluding carboxylic acids is 1. The van der Waals surface area contributed by atoms with Gasteiger partial charge in [0.05, 0.1) is 17.1 Å². The maximum atomic E-state index is 13.5. The highest BCUT2D eigenvalue weighted by molar-refractivity contribution is 7.11. The van der Waals surface area contributed by atoms with Gasteiger partial charge in [-0.2, -0.15) is 0 Å². The average Bonchev–Trinajstić information content (AvgIpc) is 2.72. The molecule has 2 rings (SSSR count). The highest BCUT2D eigenvalue weighted by Gasteiger charge is 2.15. The Morgan fingerprint density at radius 3 is 2.89 bits per heavy atom. The molecular formula is C11H9ClFN3OS. The third-order valence-corrected chi connectivity index (χ3v) is 3.31. The van der Waals surface area contributed by atoms with E-state index < -0.39 is 11.7 Å². The summed E-state index contributed by atoms with van der Waals surface area (Å²) >= 11 is 7.15. The molecule has 0 saturated carbocycles. The van der Waals surface area contributed by atoms with Crippen molar-refractivity contribution in [2.45, 2.75) is 13.5 Å². The lowest BCUT2D eigenvalue weighted by atomic mass is 10.2. The molecule has 4 nitrogen and oxygen atoms in total. The summed E-state index contributed by atoms with van der Waals surface area (Å²) < 4.78 is 13.5. The van der Waals surface area contributed by atoms with E-state index in [4.69, 9.17) is 11.6 Å². The fraction of sp³-hybridized carbons (Fsp3) is 0.182. The van der Waals surface area contributed by atoms with Crippen LogP contribution in [0, 0.1) is 12.7 Å². The van der Waals surface area contributed by atoms with Crippen LogP contribution in [-0.2, 0) is 6.54 Å². The van der Waals surface area contributed by atoms with Crippen molar-refractivity contribution in [1.82, 2.24) is 15.5 Å². The number of benzene rings is 1. The van der Waals surface area contributed by atoms with E-state index in [0.717, 1.165) is 5.01 Å². The molecule has 18 heavy (non-hydrogen) atoms. The van der Waals surface area contributed by atoms with E-state index in [1.165, 1.54) is 29.5 Å². The van der Waals surface area contributed by atoms with Crippen molar-refractivity contribution in [1.29, 1.82) is 0 Å². The van der Waals surface area contributed by atoms with Gasteiger partial charge in [0.25, 0.3) is 5.91 Å². The lowest BCUT2D eigenvalue weighted by Crippen LogP contribution is -2.24. The molecule has 0 fully saturated rings. The van der Waals surface area contributed by atoms with Crippen LogP contribution in [0.15, 0.2) is 18.2 Å². The fourth-order valence-electron chi connectivity index (χ4n) is 1.37. The fourth-order valence-corrected chi connectivity index (χ4v) is 2.27. The van der Waals surface area contributed by atoms with Crippen molar-refractivity contribution in [2.24, 2.45) is 0 Å². The van der Waals surface area contributed by atoms with Crippen LogP contribution < -0.4 is 5.32 Å². The van der Waals surface area contributed by atoms with E-state index in [9.17, 15) is 9.18 Å². The first kappa shape index (κ1) is 12.9. The second-order valence-corrected chi connectivity index (χ2v) is 5.17. The van der Waals surface area contributed by atoms with Gasteiger partial charge in [-0.05, 0) is 19.1 Å². The molecule has 1 heterocycles. The van der Waals surface area contributed by atoms with Crippen LogP contribution >= 0.6 is 22.9 Å². The molecule has 0 spiro atoms. The molecule has 0 saturated heterocycles. The first-order valence-electron chi connectivity index (χ1n) is 5.09. The average molecular weight is 286 g/mol. The van der Waals surface area contributed by atoms with Crippen LogP contribution in [0.3, 0.4) is 0 Å². The minimum absolute atomic E-state index is 0.0842. The lowest BCUT2D eigenvalue weighted by molar-refractivity contribution is 0.0947. The lowest BCUT2D eigenvalue weighted by Gasteiger charge is -2.05. The van der Waals surface area contributed by atoms with Gasteiger partial charge in [0, 0.05) is 0 Å². The van der Waals surface area contributed by atoms with E-state index in [1.807, 2.05) is 6.92 Å². The van der Waals surface area contributed by atoms with Crippen LogP contribution in [0.4, 0.5) is 4.39 Å².